The van der Waals surface area contributed by atoms with Crippen molar-refractivity contribution in [3.05, 3.63) is 0 Å². The summed E-state index contributed by atoms with van der Waals surface area (Å²) in [5.41, 5.74) is 0. The molecule has 0 atom stereocenters. The van der Waals surface area contributed by atoms with E-state index in [0.29, 0.717) is 19.7 Å². The first-order valence-corrected chi connectivity index (χ1v) is 7.53. The lowest BCUT2D eigenvalue weighted by atomic mass is 10.5. The van der Waals surface area contributed by atoms with Crippen LogP contribution in [0.1, 0.15) is 6.42 Å². The monoisotopic (exact) mass is 190 g/mol. The molecule has 0 aliphatic rings. The molecule has 0 aromatic heterocycles. The SMILES string of the molecule is C[SiH](C)CCCOCCOC=O. The predicted octanol–water partition coefficient (Wildman–Crippen LogP) is 1.05. The Bertz CT molecular complexity index is 106. The van der Waals surface area contributed by atoms with Crippen LogP contribution in [-0.2, 0) is 14.3 Å². The molecule has 0 spiro atoms. The van der Waals surface area contributed by atoms with E-state index in [4.69, 9.17) is 4.74 Å². The van der Waals surface area contributed by atoms with Crippen molar-refractivity contribution >= 4 is 15.3 Å². The number of hydrogen-bond donors (Lipinski definition) is 0. The van der Waals surface area contributed by atoms with Crippen LogP contribution in [0, 0.1) is 0 Å². The zero-order valence-corrected chi connectivity index (χ0v) is 9.07. The molecule has 0 rings (SSSR count). The van der Waals surface area contributed by atoms with E-state index in [1.165, 1.54) is 6.04 Å². The maximum atomic E-state index is 9.71. The van der Waals surface area contributed by atoms with Crippen molar-refractivity contribution in [2.75, 3.05) is 19.8 Å². The minimum Gasteiger partial charge on any atom is -0.465 e. The highest BCUT2D eigenvalue weighted by Crippen LogP contribution is 1.96. The predicted molar refractivity (Wildman–Crippen MR) is 51.1 cm³/mol. The fourth-order valence-corrected chi connectivity index (χ4v) is 1.83. The van der Waals surface area contributed by atoms with Crippen LogP contribution in [0.25, 0.3) is 0 Å². The maximum Gasteiger partial charge on any atom is 0.293 e. The number of hydrogen-bond acceptors (Lipinski definition) is 3. The number of carbonyl (C=O) groups is 1. The molecule has 0 amide bonds. The van der Waals surface area contributed by atoms with Crippen LogP contribution in [-0.4, -0.2) is 35.1 Å². The number of rotatable bonds is 8. The highest BCUT2D eigenvalue weighted by molar-refractivity contribution is 6.55. The van der Waals surface area contributed by atoms with Crippen LogP contribution in [0.3, 0.4) is 0 Å². The van der Waals surface area contributed by atoms with E-state index in [2.05, 4.69) is 17.8 Å². The second-order valence-electron chi connectivity index (χ2n) is 3.12. The molecule has 0 aromatic carbocycles. The second kappa shape index (κ2) is 8.74. The van der Waals surface area contributed by atoms with Gasteiger partial charge in [-0.3, -0.25) is 4.79 Å². The van der Waals surface area contributed by atoms with Gasteiger partial charge < -0.3 is 9.47 Å². The van der Waals surface area contributed by atoms with Gasteiger partial charge in [0, 0.05) is 15.4 Å². The zero-order valence-electron chi connectivity index (χ0n) is 7.91. The molecule has 0 radical (unpaired) electrons. The normalized spacial score (nSPS) is 10.2. The maximum absolute atomic E-state index is 9.71. The first-order valence-electron chi connectivity index (χ1n) is 4.40. The Morgan fingerprint density at radius 2 is 2.00 bits per heavy atom. The van der Waals surface area contributed by atoms with Gasteiger partial charge in [-0.05, 0) is 6.42 Å². The van der Waals surface area contributed by atoms with Crippen LogP contribution in [0.5, 0.6) is 0 Å². The molecule has 4 heteroatoms. The fraction of sp³-hybridized carbons (Fsp3) is 0.875. The van der Waals surface area contributed by atoms with E-state index in [1.54, 1.807) is 0 Å². The highest BCUT2D eigenvalue weighted by Gasteiger charge is 1.95. The van der Waals surface area contributed by atoms with Gasteiger partial charge >= 0.3 is 0 Å². The molecule has 0 unspecified atom stereocenters. The highest BCUT2D eigenvalue weighted by atomic mass is 28.3. The minimum atomic E-state index is -0.403. The van der Waals surface area contributed by atoms with Gasteiger partial charge in [0.15, 0.2) is 0 Å². The summed E-state index contributed by atoms with van der Waals surface area (Å²) in [5, 5.41) is 0. The molecule has 0 aromatic rings. The van der Waals surface area contributed by atoms with Gasteiger partial charge in [-0.1, -0.05) is 19.1 Å². The van der Waals surface area contributed by atoms with E-state index in [-0.39, 0.29) is 0 Å². The Morgan fingerprint density at radius 1 is 1.25 bits per heavy atom. The largest absolute Gasteiger partial charge is 0.465 e. The van der Waals surface area contributed by atoms with Crippen molar-refractivity contribution in [1.29, 1.82) is 0 Å². The zero-order chi connectivity index (χ0) is 9.23. The van der Waals surface area contributed by atoms with Gasteiger partial charge in [-0.25, -0.2) is 0 Å². The summed E-state index contributed by atoms with van der Waals surface area (Å²) in [7, 11) is -0.403. The van der Waals surface area contributed by atoms with Crippen LogP contribution < -0.4 is 0 Å². The van der Waals surface area contributed by atoms with Crippen molar-refractivity contribution in [3.8, 4) is 0 Å². The third-order valence-corrected chi connectivity index (χ3v) is 3.05. The van der Waals surface area contributed by atoms with Crippen molar-refractivity contribution in [2.24, 2.45) is 0 Å². The van der Waals surface area contributed by atoms with E-state index >= 15 is 0 Å². The van der Waals surface area contributed by atoms with Crippen LogP contribution in [0.15, 0.2) is 0 Å². The second-order valence-corrected chi connectivity index (χ2v) is 6.48. The molecule has 0 saturated carbocycles. The molecule has 0 bridgehead atoms. The van der Waals surface area contributed by atoms with Crippen LogP contribution in [0.2, 0.25) is 19.1 Å². The summed E-state index contributed by atoms with van der Waals surface area (Å²) in [6, 6.07) is 1.33. The molecular weight excluding hydrogens is 172 g/mol. The lowest BCUT2D eigenvalue weighted by molar-refractivity contribution is -0.130. The first-order chi connectivity index (χ1) is 5.77. The van der Waals surface area contributed by atoms with Crippen LogP contribution >= 0.6 is 0 Å². The summed E-state index contributed by atoms with van der Waals surface area (Å²) >= 11 is 0. The van der Waals surface area contributed by atoms with Crippen molar-refractivity contribution < 1.29 is 14.3 Å². The molecule has 0 aliphatic heterocycles. The molecule has 0 fully saturated rings. The van der Waals surface area contributed by atoms with E-state index < -0.39 is 8.80 Å². The molecular formula is C8H18O3Si. The van der Waals surface area contributed by atoms with E-state index in [0.717, 1.165) is 13.0 Å². The average molecular weight is 190 g/mol. The lowest BCUT2D eigenvalue weighted by Crippen LogP contribution is -2.06. The Labute approximate surface area is 75.7 Å². The lowest BCUT2D eigenvalue weighted by Gasteiger charge is -2.04. The summed E-state index contributed by atoms with van der Waals surface area (Å²) in [5.74, 6) is 0. The number of carbonyl (C=O) groups excluding carboxylic acids is 1. The third kappa shape index (κ3) is 9.65. The molecule has 3 nitrogen and oxygen atoms in total. The Balaban J connectivity index is 2.86. The van der Waals surface area contributed by atoms with Gasteiger partial charge in [0.1, 0.15) is 6.61 Å². The van der Waals surface area contributed by atoms with E-state index in [1.807, 2.05) is 0 Å². The molecule has 0 heterocycles. The van der Waals surface area contributed by atoms with E-state index in [9.17, 15) is 4.79 Å². The standard InChI is InChI=1S/C8H18O3Si/c1-12(2)7-3-4-10-5-6-11-8-9/h8,12H,3-7H2,1-2H3. The van der Waals surface area contributed by atoms with Gasteiger partial charge in [0.05, 0.1) is 6.61 Å². The van der Waals surface area contributed by atoms with Crippen molar-refractivity contribution in [3.63, 3.8) is 0 Å². The topological polar surface area (TPSA) is 35.5 Å². The summed E-state index contributed by atoms with van der Waals surface area (Å²) < 4.78 is 9.69. The smallest absolute Gasteiger partial charge is 0.293 e. The van der Waals surface area contributed by atoms with Gasteiger partial charge in [-0.2, -0.15) is 0 Å². The molecule has 0 saturated heterocycles. The summed E-state index contributed by atoms with van der Waals surface area (Å²) in [6.45, 7) is 6.81. The summed E-state index contributed by atoms with van der Waals surface area (Å²) in [4.78, 5) is 9.71. The first kappa shape index (κ1) is 11.6. The van der Waals surface area contributed by atoms with Crippen molar-refractivity contribution in [2.45, 2.75) is 25.6 Å². The Kier molecular flexibility index (Phi) is 8.48. The Hall–Kier alpha value is -0.353. The van der Waals surface area contributed by atoms with Gasteiger partial charge in [0.25, 0.3) is 6.47 Å². The fourth-order valence-electron chi connectivity index (χ4n) is 0.851. The van der Waals surface area contributed by atoms with Gasteiger partial charge in [-0.15, -0.1) is 0 Å². The van der Waals surface area contributed by atoms with Crippen molar-refractivity contribution in [1.82, 2.24) is 0 Å². The van der Waals surface area contributed by atoms with Gasteiger partial charge in [0.2, 0.25) is 0 Å². The molecule has 0 N–H and O–H groups in total. The number of ether oxygens (including phenoxy) is 2. The Morgan fingerprint density at radius 3 is 2.58 bits per heavy atom. The molecule has 12 heavy (non-hydrogen) atoms. The average Bonchev–Trinajstić information content (AvgIpc) is 2.02. The van der Waals surface area contributed by atoms with Crippen LogP contribution in [0.4, 0.5) is 0 Å². The third-order valence-electron chi connectivity index (χ3n) is 1.48. The summed E-state index contributed by atoms with van der Waals surface area (Å²) in [6.07, 6.45) is 1.14. The molecule has 0 aliphatic carbocycles. The molecule has 72 valence electrons. The minimum absolute atomic E-state index is 0.378. The quantitative estimate of drug-likeness (QED) is 0.326.